The van der Waals surface area contributed by atoms with Gasteiger partial charge in [0, 0.05) is 10.0 Å². The summed E-state index contributed by atoms with van der Waals surface area (Å²) in [5, 5.41) is 0.762. The van der Waals surface area contributed by atoms with Gasteiger partial charge in [-0.05, 0) is 42.0 Å². The van der Waals surface area contributed by atoms with Crippen molar-refractivity contribution in [3.63, 3.8) is 0 Å². The zero-order valence-corrected chi connectivity index (χ0v) is 13.7. The van der Waals surface area contributed by atoms with E-state index in [0.717, 1.165) is 5.56 Å². The van der Waals surface area contributed by atoms with E-state index in [1.54, 1.807) is 36.4 Å². The maximum atomic E-state index is 12.7. The second-order valence-corrected chi connectivity index (χ2v) is 6.75. The summed E-state index contributed by atoms with van der Waals surface area (Å²) in [5.41, 5.74) is 1.38. The molecule has 0 aliphatic carbocycles. The first-order valence-electron chi connectivity index (χ1n) is 6.56. The van der Waals surface area contributed by atoms with Crippen molar-refractivity contribution >= 4 is 52.5 Å². The summed E-state index contributed by atoms with van der Waals surface area (Å²) in [4.78, 5) is 26.1. The third-order valence-electron chi connectivity index (χ3n) is 3.33. The fourth-order valence-corrected chi connectivity index (χ4v) is 3.56. The lowest BCUT2D eigenvalue weighted by Gasteiger charge is -2.30. The van der Waals surface area contributed by atoms with E-state index in [2.05, 4.69) is 0 Å². The first-order valence-corrected chi connectivity index (χ1v) is 8.36. The molecule has 3 nitrogen and oxygen atoms in total. The number of carbonyl (C=O) groups is 2. The SMILES string of the molecule is O=C1CSC(c2ccc(Cl)cc2)C(=O)N1c1ccc(Cl)cc1. The Hall–Kier alpha value is -1.49. The van der Waals surface area contributed by atoms with Crippen LogP contribution in [0.5, 0.6) is 0 Å². The molecule has 0 spiro atoms. The molecule has 112 valence electrons. The van der Waals surface area contributed by atoms with Crippen LogP contribution in [0, 0.1) is 0 Å². The second-order valence-electron chi connectivity index (χ2n) is 4.79. The van der Waals surface area contributed by atoms with Gasteiger partial charge >= 0.3 is 0 Å². The van der Waals surface area contributed by atoms with Crippen LogP contribution in [0.4, 0.5) is 5.69 Å². The van der Waals surface area contributed by atoms with Crippen molar-refractivity contribution < 1.29 is 9.59 Å². The number of amides is 2. The van der Waals surface area contributed by atoms with Crippen LogP contribution in [0.1, 0.15) is 10.8 Å². The Bertz CT molecular complexity index is 716. The largest absolute Gasteiger partial charge is 0.273 e. The molecule has 0 radical (unpaired) electrons. The molecule has 2 amide bonds. The topological polar surface area (TPSA) is 37.4 Å². The Morgan fingerprint density at radius 3 is 2.05 bits per heavy atom. The summed E-state index contributed by atoms with van der Waals surface area (Å²) >= 11 is 13.1. The number of carbonyl (C=O) groups excluding carboxylic acids is 2. The van der Waals surface area contributed by atoms with Gasteiger partial charge in [-0.3, -0.25) is 9.59 Å². The van der Waals surface area contributed by atoms with Crippen LogP contribution < -0.4 is 4.90 Å². The van der Waals surface area contributed by atoms with Crippen molar-refractivity contribution in [1.82, 2.24) is 0 Å². The molecule has 0 bridgehead atoms. The standard InChI is InChI=1S/C16H11Cl2NO2S/c17-11-3-1-10(2-4-11)15-16(21)19(14(20)9-22-15)13-7-5-12(18)6-8-13/h1-8,15H,9H2. The maximum Gasteiger partial charge on any atom is 0.251 e. The fourth-order valence-electron chi connectivity index (χ4n) is 2.27. The van der Waals surface area contributed by atoms with E-state index in [1.165, 1.54) is 16.7 Å². The number of rotatable bonds is 2. The van der Waals surface area contributed by atoms with Crippen molar-refractivity contribution in [2.24, 2.45) is 0 Å². The van der Waals surface area contributed by atoms with Gasteiger partial charge in [0.25, 0.3) is 5.91 Å². The Balaban J connectivity index is 1.93. The Kier molecular flexibility index (Phi) is 4.43. The number of hydrogen-bond donors (Lipinski definition) is 0. The number of hydrogen-bond acceptors (Lipinski definition) is 3. The Labute approximate surface area is 142 Å². The van der Waals surface area contributed by atoms with E-state index < -0.39 is 5.25 Å². The lowest BCUT2D eigenvalue weighted by atomic mass is 10.1. The van der Waals surface area contributed by atoms with Crippen molar-refractivity contribution in [1.29, 1.82) is 0 Å². The number of halogens is 2. The number of anilines is 1. The minimum absolute atomic E-state index is 0.220. The number of benzene rings is 2. The van der Waals surface area contributed by atoms with Gasteiger partial charge in [-0.1, -0.05) is 35.3 Å². The quantitative estimate of drug-likeness (QED) is 0.755. The second kappa shape index (κ2) is 6.32. The highest BCUT2D eigenvalue weighted by Crippen LogP contribution is 2.37. The molecule has 2 aromatic carbocycles. The van der Waals surface area contributed by atoms with E-state index in [-0.39, 0.29) is 17.6 Å². The summed E-state index contributed by atoms with van der Waals surface area (Å²) in [7, 11) is 0. The first kappa shape index (κ1) is 15.4. The molecule has 1 unspecified atom stereocenters. The number of imide groups is 1. The molecule has 1 aliphatic rings. The highest BCUT2D eigenvalue weighted by atomic mass is 35.5. The fraction of sp³-hybridized carbons (Fsp3) is 0.125. The average molecular weight is 352 g/mol. The predicted octanol–water partition coefficient (Wildman–Crippen LogP) is 4.34. The van der Waals surface area contributed by atoms with Crippen LogP contribution in [0.3, 0.4) is 0 Å². The highest BCUT2D eigenvalue weighted by molar-refractivity contribution is 8.01. The van der Waals surface area contributed by atoms with E-state index >= 15 is 0 Å². The van der Waals surface area contributed by atoms with Crippen molar-refractivity contribution in [2.45, 2.75) is 5.25 Å². The molecule has 2 aromatic rings. The van der Waals surface area contributed by atoms with Gasteiger partial charge in [0.05, 0.1) is 11.4 Å². The molecule has 1 aliphatic heterocycles. The van der Waals surface area contributed by atoms with E-state index in [4.69, 9.17) is 23.2 Å². The lowest BCUT2D eigenvalue weighted by Crippen LogP contribution is -2.44. The van der Waals surface area contributed by atoms with Gasteiger partial charge in [0.1, 0.15) is 5.25 Å². The minimum Gasteiger partial charge on any atom is -0.273 e. The van der Waals surface area contributed by atoms with E-state index in [0.29, 0.717) is 15.7 Å². The van der Waals surface area contributed by atoms with Crippen LogP contribution >= 0.6 is 35.0 Å². The third kappa shape index (κ3) is 3.00. The van der Waals surface area contributed by atoms with Gasteiger partial charge in [-0.15, -0.1) is 11.8 Å². The van der Waals surface area contributed by atoms with Crippen LogP contribution in [0.2, 0.25) is 10.0 Å². The molecular formula is C16H11Cl2NO2S. The molecule has 22 heavy (non-hydrogen) atoms. The minimum atomic E-state index is -0.411. The smallest absolute Gasteiger partial charge is 0.251 e. The normalized spacial score (nSPS) is 18.6. The predicted molar refractivity (Wildman–Crippen MR) is 90.6 cm³/mol. The summed E-state index contributed by atoms with van der Waals surface area (Å²) < 4.78 is 0. The molecule has 0 aromatic heterocycles. The number of nitrogens with zero attached hydrogens (tertiary/aromatic N) is 1. The van der Waals surface area contributed by atoms with Gasteiger partial charge in [0.15, 0.2) is 0 Å². The van der Waals surface area contributed by atoms with Crippen molar-refractivity contribution in [3.05, 3.63) is 64.1 Å². The van der Waals surface area contributed by atoms with Crippen molar-refractivity contribution in [2.75, 3.05) is 10.7 Å². The van der Waals surface area contributed by atoms with Crippen molar-refractivity contribution in [3.8, 4) is 0 Å². The molecule has 0 N–H and O–H groups in total. The van der Waals surface area contributed by atoms with Gasteiger partial charge in [-0.25, -0.2) is 4.90 Å². The molecule has 1 fully saturated rings. The molecule has 6 heteroatoms. The third-order valence-corrected chi connectivity index (χ3v) is 5.05. The van der Waals surface area contributed by atoms with Crippen LogP contribution in [-0.4, -0.2) is 17.6 Å². The monoisotopic (exact) mass is 351 g/mol. The van der Waals surface area contributed by atoms with Crippen LogP contribution in [0.15, 0.2) is 48.5 Å². The molecule has 1 heterocycles. The highest BCUT2D eigenvalue weighted by Gasteiger charge is 2.36. The summed E-state index contributed by atoms with van der Waals surface area (Å²) in [6.45, 7) is 0. The lowest BCUT2D eigenvalue weighted by molar-refractivity contribution is -0.125. The van der Waals surface area contributed by atoms with Gasteiger partial charge in [-0.2, -0.15) is 0 Å². The molecule has 3 rings (SSSR count). The molecule has 1 atom stereocenters. The first-order chi connectivity index (χ1) is 10.6. The Morgan fingerprint density at radius 1 is 0.909 bits per heavy atom. The Morgan fingerprint density at radius 2 is 1.45 bits per heavy atom. The molecular weight excluding hydrogens is 341 g/mol. The van der Waals surface area contributed by atoms with Crippen LogP contribution in [-0.2, 0) is 9.59 Å². The summed E-state index contributed by atoms with van der Waals surface area (Å²) in [6, 6.07) is 13.8. The molecule has 0 saturated carbocycles. The van der Waals surface area contributed by atoms with Crippen LogP contribution in [0.25, 0.3) is 0 Å². The summed E-state index contributed by atoms with van der Waals surface area (Å²) in [6.07, 6.45) is 0. The zero-order valence-electron chi connectivity index (χ0n) is 11.3. The van der Waals surface area contributed by atoms with E-state index in [1.807, 2.05) is 12.1 Å². The average Bonchev–Trinajstić information content (AvgIpc) is 2.51. The van der Waals surface area contributed by atoms with Gasteiger partial charge < -0.3 is 0 Å². The summed E-state index contributed by atoms with van der Waals surface area (Å²) in [5.74, 6) is -0.213. The molecule has 1 saturated heterocycles. The zero-order chi connectivity index (χ0) is 15.7. The maximum absolute atomic E-state index is 12.7. The van der Waals surface area contributed by atoms with E-state index in [9.17, 15) is 9.59 Å². The van der Waals surface area contributed by atoms with Gasteiger partial charge in [0.2, 0.25) is 5.91 Å². The number of thioether (sulfide) groups is 1.